The average Bonchev–Trinajstić information content (AvgIpc) is 3.25. The summed E-state index contributed by atoms with van der Waals surface area (Å²) >= 11 is 0. The van der Waals surface area contributed by atoms with E-state index in [-0.39, 0.29) is 19.1 Å². The molecule has 0 aliphatic carbocycles. The third-order valence-electron chi connectivity index (χ3n) is 9.72. The zero-order chi connectivity index (χ0) is 37.4. The highest BCUT2D eigenvalue weighted by molar-refractivity contribution is 7.80. The summed E-state index contributed by atoms with van der Waals surface area (Å²) in [6.07, 6.45) is -3.51. The zero-order valence-corrected chi connectivity index (χ0v) is 31.2. The quantitative estimate of drug-likeness (QED) is 0.134. The number of hydrogen-bond acceptors (Lipinski definition) is 7. The lowest BCUT2D eigenvalue weighted by atomic mass is 9.94. The highest BCUT2D eigenvalue weighted by Crippen LogP contribution is 2.38. The van der Waals surface area contributed by atoms with Gasteiger partial charge >= 0.3 is 0 Å². The third kappa shape index (κ3) is 8.50. The molecule has 0 bridgehead atoms. The molecule has 0 unspecified atom stereocenters. The van der Waals surface area contributed by atoms with E-state index in [1.54, 1.807) is 7.11 Å². The lowest BCUT2D eigenvalue weighted by Crippen LogP contribution is -2.68. The molecule has 8 nitrogen and oxygen atoms in total. The summed E-state index contributed by atoms with van der Waals surface area (Å²) < 4.78 is 38.4. The monoisotopic (exact) mass is 751 g/mol. The van der Waals surface area contributed by atoms with E-state index in [2.05, 4.69) is 35.6 Å². The Balaban J connectivity index is 1.16. The van der Waals surface area contributed by atoms with Gasteiger partial charge in [0.1, 0.15) is 29.7 Å². The van der Waals surface area contributed by atoms with Crippen LogP contribution in [-0.4, -0.2) is 50.3 Å². The first-order chi connectivity index (χ1) is 27.1. The fourth-order valence-corrected chi connectivity index (χ4v) is 9.46. The van der Waals surface area contributed by atoms with Crippen molar-refractivity contribution in [1.29, 1.82) is 0 Å². The first-order valence-electron chi connectivity index (χ1n) is 18.4. The molecule has 0 aromatic heterocycles. The molecule has 2 aliphatic rings. The number of fused-ring (bicyclic) bond motifs is 1. The first-order valence-corrected chi connectivity index (χ1v) is 19.7. The van der Waals surface area contributed by atoms with Gasteiger partial charge in [-0.1, -0.05) is 140 Å². The van der Waals surface area contributed by atoms with Crippen molar-refractivity contribution in [3.8, 4) is 11.5 Å². The number of methoxy groups -OCH3 is 1. The summed E-state index contributed by atoms with van der Waals surface area (Å²) in [4.78, 5) is 14.9. The average molecular weight is 752 g/mol. The Kier molecular flexibility index (Phi) is 11.6. The standard InChI is InChI=1S/C46H42NO7P/c1-49-34-28-26-33(27-29-34)45-51-31-39-42(54-45)43(52-35-18-8-3-9-19-35)41(46(53-39)50-30-32-16-6-2-7-17-32)47-44(48)38-24-14-15-25-40(38)55(36-20-10-4-11-21-36)37-22-12-5-13-23-37/h2-29,39,41-43,45-46H,30-31H2,1H3,(H,47,48)/t39-,41-,42-,43-,45-,46+/m1/s1. The second kappa shape index (κ2) is 17.4. The maximum Gasteiger partial charge on any atom is 0.252 e. The van der Waals surface area contributed by atoms with E-state index < -0.39 is 44.9 Å². The third-order valence-corrected chi connectivity index (χ3v) is 12.2. The molecule has 9 heteroatoms. The predicted molar refractivity (Wildman–Crippen MR) is 214 cm³/mol. The molecule has 0 saturated carbocycles. The Bertz CT molecular complexity index is 2080. The van der Waals surface area contributed by atoms with Gasteiger partial charge in [-0.25, -0.2) is 0 Å². The van der Waals surface area contributed by atoms with Gasteiger partial charge in [-0.2, -0.15) is 0 Å². The molecule has 2 saturated heterocycles. The molecule has 8 rings (SSSR count). The van der Waals surface area contributed by atoms with Crippen molar-refractivity contribution < 1.29 is 33.2 Å². The van der Waals surface area contributed by atoms with Crippen LogP contribution in [0.5, 0.6) is 11.5 Å². The van der Waals surface area contributed by atoms with Crippen molar-refractivity contribution in [3.05, 3.63) is 187 Å². The molecule has 6 atom stereocenters. The van der Waals surface area contributed by atoms with Crippen LogP contribution < -0.4 is 30.7 Å². The van der Waals surface area contributed by atoms with Crippen LogP contribution in [0.1, 0.15) is 27.8 Å². The van der Waals surface area contributed by atoms with Crippen LogP contribution in [0.2, 0.25) is 0 Å². The van der Waals surface area contributed by atoms with Gasteiger partial charge in [-0.3, -0.25) is 4.79 Å². The van der Waals surface area contributed by atoms with Crippen molar-refractivity contribution in [2.24, 2.45) is 0 Å². The Morgan fingerprint density at radius 1 is 0.691 bits per heavy atom. The van der Waals surface area contributed by atoms with Crippen molar-refractivity contribution in [2.45, 2.75) is 43.5 Å². The normalized spacial score (nSPS) is 22.0. The van der Waals surface area contributed by atoms with E-state index in [1.165, 1.54) is 0 Å². The minimum absolute atomic E-state index is 0.225. The number of benzene rings is 6. The summed E-state index contributed by atoms with van der Waals surface area (Å²) in [7, 11) is 0.556. The maximum absolute atomic E-state index is 14.9. The molecule has 6 aromatic rings. The smallest absolute Gasteiger partial charge is 0.252 e. The summed E-state index contributed by atoms with van der Waals surface area (Å²) in [6.45, 7) is 0.483. The van der Waals surface area contributed by atoms with Gasteiger partial charge in [-0.15, -0.1) is 0 Å². The highest BCUT2D eigenvalue weighted by atomic mass is 31.1. The van der Waals surface area contributed by atoms with E-state index in [0.29, 0.717) is 11.3 Å². The molecular formula is C46H42NO7P. The van der Waals surface area contributed by atoms with Crippen molar-refractivity contribution in [2.75, 3.05) is 13.7 Å². The molecule has 2 fully saturated rings. The number of amides is 1. The van der Waals surface area contributed by atoms with Gasteiger partial charge in [0.05, 0.1) is 20.3 Å². The molecule has 6 aromatic carbocycles. The van der Waals surface area contributed by atoms with Crippen LogP contribution in [0.4, 0.5) is 0 Å². The second-order valence-corrected chi connectivity index (χ2v) is 15.5. The number of carbonyl (C=O) groups is 1. The summed E-state index contributed by atoms with van der Waals surface area (Å²) in [5.74, 6) is 1.09. The molecule has 1 amide bonds. The van der Waals surface area contributed by atoms with E-state index in [1.807, 2.05) is 140 Å². The van der Waals surface area contributed by atoms with Gasteiger partial charge in [0.2, 0.25) is 0 Å². The molecule has 1 N–H and O–H groups in total. The molecule has 55 heavy (non-hydrogen) atoms. The van der Waals surface area contributed by atoms with Crippen LogP contribution in [0.15, 0.2) is 170 Å². The topological polar surface area (TPSA) is 84.5 Å². The zero-order valence-electron chi connectivity index (χ0n) is 30.3. The van der Waals surface area contributed by atoms with Gasteiger partial charge in [0.25, 0.3) is 5.91 Å². The largest absolute Gasteiger partial charge is 0.497 e. The fraction of sp³-hybridized carbons (Fsp3) is 0.196. The van der Waals surface area contributed by atoms with Gasteiger partial charge in [-0.05, 0) is 59.7 Å². The Hall–Kier alpha value is -5.34. The van der Waals surface area contributed by atoms with E-state index in [4.69, 9.17) is 28.4 Å². The SMILES string of the molecule is COc1ccc([C@@H]2OC[C@H]3O[C@H](OCc4ccccc4)[C@H](NC(=O)c4ccccc4P(c4ccccc4)c4ccccc4)[C@@H](Oc4ccccc4)[C@@H]3O2)cc1. The van der Waals surface area contributed by atoms with Crippen LogP contribution in [0, 0.1) is 0 Å². The minimum Gasteiger partial charge on any atom is -0.497 e. The fourth-order valence-electron chi connectivity index (χ4n) is 7.02. The van der Waals surface area contributed by atoms with Crippen molar-refractivity contribution >= 4 is 29.7 Å². The number of ether oxygens (including phenoxy) is 6. The molecular weight excluding hydrogens is 709 g/mol. The molecule has 278 valence electrons. The Labute approximate surface area is 322 Å². The van der Waals surface area contributed by atoms with Gasteiger partial charge in [0, 0.05) is 11.1 Å². The number of nitrogens with one attached hydrogen (secondary N) is 1. The Morgan fingerprint density at radius 3 is 1.95 bits per heavy atom. The summed E-state index contributed by atoms with van der Waals surface area (Å²) in [6, 6.07) is 54.7. The highest BCUT2D eigenvalue weighted by Gasteiger charge is 2.52. The number of hydrogen-bond donors (Lipinski definition) is 1. The van der Waals surface area contributed by atoms with Crippen LogP contribution in [0.25, 0.3) is 0 Å². The molecule has 0 spiro atoms. The second-order valence-electron chi connectivity index (χ2n) is 13.3. The molecule has 2 aliphatic heterocycles. The Morgan fingerprint density at radius 2 is 1.29 bits per heavy atom. The number of rotatable bonds is 12. The van der Waals surface area contributed by atoms with Crippen LogP contribution in [0.3, 0.4) is 0 Å². The van der Waals surface area contributed by atoms with E-state index >= 15 is 0 Å². The summed E-state index contributed by atoms with van der Waals surface area (Å²) in [5.41, 5.74) is 2.36. The van der Waals surface area contributed by atoms with E-state index in [0.717, 1.165) is 32.8 Å². The predicted octanol–water partition coefficient (Wildman–Crippen LogP) is 7.06. The molecule has 0 radical (unpaired) electrons. The van der Waals surface area contributed by atoms with E-state index in [9.17, 15) is 4.79 Å². The van der Waals surface area contributed by atoms with Crippen molar-refractivity contribution in [3.63, 3.8) is 0 Å². The van der Waals surface area contributed by atoms with Crippen molar-refractivity contribution in [1.82, 2.24) is 5.32 Å². The number of para-hydroxylation sites is 1. The minimum atomic E-state index is -1.07. The number of carbonyl (C=O) groups excluding carboxylic acids is 1. The van der Waals surface area contributed by atoms with Crippen LogP contribution >= 0.6 is 7.92 Å². The summed E-state index contributed by atoms with van der Waals surface area (Å²) in [5, 5.41) is 6.57. The molecule has 2 heterocycles. The van der Waals surface area contributed by atoms with Gasteiger partial charge < -0.3 is 33.7 Å². The lowest BCUT2D eigenvalue weighted by Gasteiger charge is -2.49. The van der Waals surface area contributed by atoms with Gasteiger partial charge in [0.15, 0.2) is 18.7 Å². The van der Waals surface area contributed by atoms with Crippen LogP contribution in [-0.2, 0) is 25.6 Å². The maximum atomic E-state index is 14.9. The lowest BCUT2D eigenvalue weighted by molar-refractivity contribution is -0.342. The first kappa shape index (κ1) is 36.6.